The maximum absolute atomic E-state index is 8.87. The summed E-state index contributed by atoms with van der Waals surface area (Å²) in [6, 6.07) is 33.4. The lowest BCUT2D eigenvalue weighted by Crippen LogP contribution is -2.09. The highest BCUT2D eigenvalue weighted by atomic mass is 32.1. The van der Waals surface area contributed by atoms with Crippen molar-refractivity contribution < 1.29 is 13.7 Å². The fourth-order valence-corrected chi connectivity index (χ4v) is 10.0. The van der Waals surface area contributed by atoms with Crippen molar-refractivity contribution in [2.24, 2.45) is 0 Å². The number of rotatable bonds is 6. The number of anilines is 6. The number of hydrogen-bond donors (Lipinski definition) is 0. The van der Waals surface area contributed by atoms with Gasteiger partial charge in [-0.2, -0.15) is 0 Å². The second-order valence-corrected chi connectivity index (χ2v) is 14.3. The highest BCUT2D eigenvalue weighted by Crippen LogP contribution is 2.50. The summed E-state index contributed by atoms with van der Waals surface area (Å²) in [7, 11) is 0. The quantitative estimate of drug-likeness (QED) is 0.171. The molecule has 7 aromatic carbocycles. The summed E-state index contributed by atoms with van der Waals surface area (Å²) in [4.78, 5) is 5.58. The van der Waals surface area contributed by atoms with E-state index in [0.717, 1.165) is 56.9 Å². The van der Waals surface area contributed by atoms with Crippen LogP contribution in [-0.4, -0.2) is 4.40 Å². The number of thiophene rings is 2. The first-order valence-electron chi connectivity index (χ1n) is 21.4. The Morgan fingerprint density at radius 1 is 0.412 bits per heavy atom. The van der Waals surface area contributed by atoms with Crippen LogP contribution < -0.4 is 9.80 Å². The highest BCUT2D eigenvalue weighted by Gasteiger charge is 2.25. The summed E-state index contributed by atoms with van der Waals surface area (Å²) in [5.74, 6) is 0. The number of aromatic nitrogens is 1. The molecule has 0 saturated carbocycles. The van der Waals surface area contributed by atoms with Gasteiger partial charge < -0.3 is 9.80 Å². The molecule has 0 unspecified atom stereocenters. The van der Waals surface area contributed by atoms with Gasteiger partial charge in [0.05, 0.1) is 19.2 Å². The fraction of sp³-hybridized carbons (Fsp3) is 0. The summed E-state index contributed by atoms with van der Waals surface area (Å²) >= 11 is 3.28. The molecule has 0 saturated heterocycles. The van der Waals surface area contributed by atoms with Gasteiger partial charge in [-0.15, -0.1) is 22.7 Å². The van der Waals surface area contributed by atoms with E-state index in [1.54, 1.807) is 32.5 Å². The van der Waals surface area contributed by atoms with Crippen LogP contribution in [0.3, 0.4) is 0 Å². The molecule has 240 valence electrons. The molecular weight excluding hydrogens is 659 g/mol. The van der Waals surface area contributed by atoms with Gasteiger partial charge in [0, 0.05) is 75.8 Å². The van der Waals surface area contributed by atoms with Crippen molar-refractivity contribution in [1.82, 2.24) is 4.40 Å². The van der Waals surface area contributed by atoms with Gasteiger partial charge in [-0.05, 0) is 72.7 Å². The van der Waals surface area contributed by atoms with Crippen molar-refractivity contribution in [2.45, 2.75) is 0 Å². The van der Waals surface area contributed by atoms with Gasteiger partial charge in [0.15, 0.2) is 0 Å². The predicted octanol–water partition coefficient (Wildman–Crippen LogP) is 14.2. The molecule has 0 aliphatic rings. The smallest absolute Gasteiger partial charge is 0.110 e. The van der Waals surface area contributed by atoms with E-state index in [1.165, 1.54) is 0 Å². The normalized spacial score (nSPS) is 14.7. The number of benzene rings is 7. The van der Waals surface area contributed by atoms with Gasteiger partial charge in [0.1, 0.15) is 9.66 Å². The van der Waals surface area contributed by atoms with Crippen LogP contribution in [0.2, 0.25) is 0 Å². The molecular formula is C46H29N3S2. The molecule has 0 aliphatic heterocycles. The van der Waals surface area contributed by atoms with Crippen molar-refractivity contribution in [3.8, 4) is 0 Å². The molecule has 51 heavy (non-hydrogen) atoms. The van der Waals surface area contributed by atoms with E-state index in [1.807, 2.05) is 84.9 Å². The summed E-state index contributed by atoms with van der Waals surface area (Å²) in [6.07, 6.45) is 0. The highest BCUT2D eigenvalue weighted by molar-refractivity contribution is 7.27. The van der Waals surface area contributed by atoms with Gasteiger partial charge in [-0.25, -0.2) is 0 Å². The molecule has 11 aromatic rings. The largest absolute Gasteiger partial charge is 0.310 e. The molecule has 4 heterocycles. The van der Waals surface area contributed by atoms with E-state index in [-0.39, 0.29) is 35.5 Å². The van der Waals surface area contributed by atoms with Crippen LogP contribution in [0, 0.1) is 0 Å². The fourth-order valence-electron chi connectivity index (χ4n) is 7.42. The van der Waals surface area contributed by atoms with Gasteiger partial charge in [0.2, 0.25) is 0 Å². The average Bonchev–Trinajstić information content (AvgIpc) is 4.02. The Bertz CT molecular complexity index is 3330. The Hall–Kier alpha value is -6.14. The zero-order valence-electron chi connectivity index (χ0n) is 36.6. The number of para-hydroxylation sites is 5. The van der Waals surface area contributed by atoms with Gasteiger partial charge >= 0.3 is 0 Å². The second-order valence-electron chi connectivity index (χ2n) is 12.3. The number of fused-ring (bicyclic) bond motifs is 10. The first-order valence-corrected chi connectivity index (χ1v) is 18.0. The molecule has 0 aliphatic carbocycles. The Morgan fingerprint density at radius 3 is 1.31 bits per heavy atom. The third-order valence-electron chi connectivity index (χ3n) is 9.48. The lowest BCUT2D eigenvalue weighted by molar-refractivity contribution is 1.29. The van der Waals surface area contributed by atoms with Crippen molar-refractivity contribution >= 4 is 114 Å². The first-order chi connectivity index (χ1) is 29.5. The number of hydrogen-bond acceptors (Lipinski definition) is 4. The van der Waals surface area contributed by atoms with Crippen LogP contribution in [0.1, 0.15) is 13.7 Å². The lowest BCUT2D eigenvalue weighted by atomic mass is 10.1. The third kappa shape index (κ3) is 4.29. The van der Waals surface area contributed by atoms with Crippen molar-refractivity contribution in [3.63, 3.8) is 0 Å². The van der Waals surface area contributed by atoms with Crippen molar-refractivity contribution in [3.05, 3.63) is 176 Å². The van der Waals surface area contributed by atoms with Crippen LogP contribution in [0.4, 0.5) is 34.1 Å². The maximum atomic E-state index is 8.87. The van der Waals surface area contributed by atoms with Crippen molar-refractivity contribution in [2.75, 3.05) is 9.80 Å². The van der Waals surface area contributed by atoms with E-state index in [9.17, 15) is 0 Å². The molecule has 0 radical (unpaired) electrons. The Labute approximate surface area is 316 Å². The molecule has 0 fully saturated rings. The first kappa shape index (κ1) is 20.5. The molecule has 3 nitrogen and oxygen atoms in total. The molecule has 5 heteroatoms. The van der Waals surface area contributed by atoms with Gasteiger partial charge in [-0.1, -0.05) is 103 Å². The van der Waals surface area contributed by atoms with Crippen LogP contribution in [0.15, 0.2) is 176 Å². The minimum Gasteiger partial charge on any atom is -0.310 e. The molecule has 0 amide bonds. The summed E-state index contributed by atoms with van der Waals surface area (Å²) in [5, 5.41) is 6.53. The molecule has 0 spiro atoms. The SMILES string of the molecule is [2H]c1c([2H])c([2H])c(N(c2ccccc2)c2ccc3c(c2)sc2c3c3cccc4c5c6ccc(N(c7ccccc7)c7c([2H])c([2H])c([2H])c([2H])c7[2H])cc6sc5n2c34)c([2H])c1[2H]. The minimum atomic E-state index is -0.445. The summed E-state index contributed by atoms with van der Waals surface area (Å²) in [5.41, 5.74) is 3.89. The Morgan fingerprint density at radius 2 is 0.863 bits per heavy atom. The number of nitrogens with zero attached hydrogens (tertiary/aromatic N) is 3. The second kappa shape index (κ2) is 11.2. The van der Waals surface area contributed by atoms with Crippen molar-refractivity contribution in [1.29, 1.82) is 0 Å². The molecule has 0 N–H and O–H groups in total. The van der Waals surface area contributed by atoms with Gasteiger partial charge in [-0.3, -0.25) is 4.40 Å². The lowest BCUT2D eigenvalue weighted by Gasteiger charge is -2.25. The van der Waals surface area contributed by atoms with E-state index >= 15 is 0 Å². The Kier molecular flexibility index (Phi) is 4.50. The Balaban J connectivity index is 1.13. The standard InChI is InChI=1S/C46H29N3S2/c1-5-14-30(15-6-1)47(31-16-7-2-8-17-31)34-24-26-36-40(28-34)50-45-42(36)38-22-13-23-39-43-37-27-25-35(29-41(37)51-46(43)49(45)44(38)39)48(32-18-9-3-10-19-32)33-20-11-4-12-21-33/h1-29H/i1D,3D,5D,6D,9D,10D,14D,15D,18D,19D. The minimum absolute atomic E-state index is 0.0712. The zero-order valence-corrected chi connectivity index (χ0v) is 28.3. The molecule has 4 aromatic heterocycles. The van der Waals surface area contributed by atoms with Crippen LogP contribution in [0.5, 0.6) is 0 Å². The van der Waals surface area contributed by atoms with E-state index < -0.39 is 36.3 Å². The summed E-state index contributed by atoms with van der Waals surface area (Å²) < 4.78 is 90.0. The van der Waals surface area contributed by atoms with Gasteiger partial charge in [0.25, 0.3) is 0 Å². The monoisotopic (exact) mass is 697 g/mol. The van der Waals surface area contributed by atoms with E-state index in [4.69, 9.17) is 13.7 Å². The topological polar surface area (TPSA) is 10.9 Å². The maximum Gasteiger partial charge on any atom is 0.110 e. The third-order valence-corrected chi connectivity index (χ3v) is 11.8. The van der Waals surface area contributed by atoms with Crippen LogP contribution in [0.25, 0.3) is 56.9 Å². The zero-order chi connectivity index (χ0) is 42.2. The van der Waals surface area contributed by atoms with E-state index in [0.29, 0.717) is 22.7 Å². The van der Waals surface area contributed by atoms with E-state index in [2.05, 4.69) is 34.7 Å². The molecule has 0 atom stereocenters. The van der Waals surface area contributed by atoms with Crippen LogP contribution >= 0.6 is 22.7 Å². The average molecular weight is 698 g/mol. The predicted molar refractivity (Wildman–Crippen MR) is 221 cm³/mol. The summed E-state index contributed by atoms with van der Waals surface area (Å²) in [6.45, 7) is 0. The molecule has 11 rings (SSSR count). The molecule has 0 bridgehead atoms. The van der Waals surface area contributed by atoms with Crippen LogP contribution in [-0.2, 0) is 0 Å².